The molecule has 0 aliphatic carbocycles. The molecule has 6 N–H and O–H groups in total. The molecule has 0 saturated heterocycles. The van der Waals surface area contributed by atoms with Gasteiger partial charge in [0.25, 0.3) is 0 Å². The maximum Gasteiger partial charge on any atom is 0.217 e. The minimum absolute atomic E-state index is 0.239. The number of nitrogens with one attached hydrogen (secondary N) is 1. The van der Waals surface area contributed by atoms with E-state index in [1.165, 1.54) is 6.92 Å². The number of aliphatic hydroxyl groups excluding tert-OH is 5. The minimum Gasteiger partial charge on any atom is -0.482 e. The maximum absolute atomic E-state index is 11.2. The van der Waals surface area contributed by atoms with Crippen molar-refractivity contribution in [2.45, 2.75) is 43.5 Å². The van der Waals surface area contributed by atoms with Gasteiger partial charge in [-0.15, -0.1) is 0 Å². The van der Waals surface area contributed by atoms with E-state index in [0.717, 1.165) is 6.08 Å². The molecule has 6 atom stereocenters. The van der Waals surface area contributed by atoms with Crippen molar-refractivity contribution in [2.24, 2.45) is 0 Å². The smallest absolute Gasteiger partial charge is 0.217 e. The van der Waals surface area contributed by atoms with Gasteiger partial charge in [-0.25, -0.2) is 0 Å². The fraction of sp³-hybridized carbons (Fsp3) is 0.714. The van der Waals surface area contributed by atoms with Crippen molar-refractivity contribution in [3.05, 3.63) is 11.8 Å². The third-order valence-electron chi connectivity index (χ3n) is 3.36. The normalized spacial score (nSPS) is 27.4. The zero-order valence-electron chi connectivity index (χ0n) is 13.1. The third-order valence-corrected chi connectivity index (χ3v) is 3.36. The molecule has 1 rings (SSSR count). The van der Waals surface area contributed by atoms with E-state index in [9.17, 15) is 24.9 Å². The lowest BCUT2D eigenvalue weighted by molar-refractivity contribution is -0.138. The number of rotatable bonds is 9. The third kappa shape index (κ3) is 5.82. The molecular weight excluding hydrogens is 326 g/mol. The molecule has 138 valence electrons. The van der Waals surface area contributed by atoms with Gasteiger partial charge in [0, 0.05) is 6.92 Å². The van der Waals surface area contributed by atoms with Gasteiger partial charge in [-0.05, 0) is 6.08 Å². The molecule has 2 unspecified atom stereocenters. The van der Waals surface area contributed by atoms with Crippen LogP contribution in [-0.2, 0) is 19.1 Å². The number of aliphatic hydroxyl groups is 5. The number of hydrogen-bond acceptors (Lipinski definition) is 9. The Morgan fingerprint density at radius 1 is 1.42 bits per heavy atom. The molecule has 0 saturated carbocycles. The van der Waals surface area contributed by atoms with E-state index in [1.54, 1.807) is 0 Å². The zero-order valence-corrected chi connectivity index (χ0v) is 13.1. The maximum atomic E-state index is 11.2. The second kappa shape index (κ2) is 9.67. The second-order valence-corrected chi connectivity index (χ2v) is 5.42. The highest BCUT2D eigenvalue weighted by Crippen LogP contribution is 2.22. The number of hydrogen-bond donors (Lipinski definition) is 6. The van der Waals surface area contributed by atoms with Crippen LogP contribution in [0.15, 0.2) is 11.8 Å². The van der Waals surface area contributed by atoms with E-state index in [4.69, 9.17) is 19.7 Å². The minimum atomic E-state index is -1.61. The van der Waals surface area contributed by atoms with Crippen molar-refractivity contribution in [1.82, 2.24) is 5.32 Å². The Labute approximate surface area is 138 Å². The first kappa shape index (κ1) is 20.5. The topological polar surface area (TPSA) is 166 Å². The molecule has 1 aliphatic heterocycles. The van der Waals surface area contributed by atoms with Crippen LogP contribution in [0.25, 0.3) is 0 Å². The average Bonchev–Trinajstić information content (AvgIpc) is 2.54. The molecule has 0 aromatic carbocycles. The summed E-state index contributed by atoms with van der Waals surface area (Å²) in [7, 11) is 0. The fourth-order valence-electron chi connectivity index (χ4n) is 2.18. The molecule has 24 heavy (non-hydrogen) atoms. The van der Waals surface area contributed by atoms with Gasteiger partial charge in [0.2, 0.25) is 5.91 Å². The number of allylic oxidation sites excluding steroid dienone is 1. The first-order valence-electron chi connectivity index (χ1n) is 7.31. The molecule has 1 heterocycles. The standard InChI is InChI=1S/C14H23NO9/c1-7(18)15-12-10(20)2-9(4-17)24-14(12)13(22)11(21)6-23-5-8(19)3-16/h2,4,8,10-14,16,19-22H,3,5-6H2,1H3,(H,15,18)/t8-,10?,11-,12-,13-,14?/m1/s1. The highest BCUT2D eigenvalue weighted by molar-refractivity contribution is 5.74. The van der Waals surface area contributed by atoms with Gasteiger partial charge >= 0.3 is 0 Å². The lowest BCUT2D eigenvalue weighted by atomic mass is 9.94. The number of aldehydes is 1. The van der Waals surface area contributed by atoms with E-state index in [1.807, 2.05) is 0 Å². The Morgan fingerprint density at radius 3 is 2.62 bits per heavy atom. The number of carbonyl (C=O) groups excluding carboxylic acids is 2. The first-order chi connectivity index (χ1) is 11.3. The number of ether oxygens (including phenoxy) is 2. The summed E-state index contributed by atoms with van der Waals surface area (Å²) < 4.78 is 10.2. The van der Waals surface area contributed by atoms with Crippen LogP contribution in [0.4, 0.5) is 0 Å². The van der Waals surface area contributed by atoms with Crippen LogP contribution in [0, 0.1) is 0 Å². The van der Waals surface area contributed by atoms with E-state index in [0.29, 0.717) is 6.29 Å². The summed E-state index contributed by atoms with van der Waals surface area (Å²) in [4.78, 5) is 22.1. The second-order valence-electron chi connectivity index (χ2n) is 5.42. The molecular formula is C14H23NO9. The molecule has 10 heteroatoms. The van der Waals surface area contributed by atoms with Crippen molar-refractivity contribution in [2.75, 3.05) is 19.8 Å². The van der Waals surface area contributed by atoms with E-state index in [2.05, 4.69) is 5.32 Å². The van der Waals surface area contributed by atoms with Gasteiger partial charge in [0.05, 0.1) is 32.0 Å². The van der Waals surface area contributed by atoms with Gasteiger partial charge in [0.15, 0.2) is 18.1 Å². The molecule has 1 amide bonds. The van der Waals surface area contributed by atoms with E-state index < -0.39 is 55.7 Å². The summed E-state index contributed by atoms with van der Waals surface area (Å²) in [5.41, 5.74) is 0. The zero-order chi connectivity index (χ0) is 18.3. The summed E-state index contributed by atoms with van der Waals surface area (Å²) in [6.45, 7) is 0.0176. The average molecular weight is 349 g/mol. The summed E-state index contributed by atoms with van der Waals surface area (Å²) in [5, 5.41) is 50.3. The Balaban J connectivity index is 2.75. The molecule has 0 aromatic heterocycles. The predicted octanol–water partition coefficient (Wildman–Crippen LogP) is -3.57. The number of carbonyl (C=O) groups is 2. The summed E-state index contributed by atoms with van der Waals surface area (Å²) in [5.74, 6) is -0.739. The first-order valence-corrected chi connectivity index (χ1v) is 7.31. The van der Waals surface area contributed by atoms with Gasteiger partial charge in [-0.2, -0.15) is 0 Å². The summed E-state index contributed by atoms with van der Waals surface area (Å²) >= 11 is 0. The van der Waals surface area contributed by atoms with Gasteiger partial charge < -0.3 is 40.3 Å². The Morgan fingerprint density at radius 2 is 2.08 bits per heavy atom. The van der Waals surface area contributed by atoms with E-state index >= 15 is 0 Å². The van der Waals surface area contributed by atoms with Gasteiger partial charge in [-0.1, -0.05) is 0 Å². The lowest BCUT2D eigenvalue weighted by Crippen LogP contribution is -2.59. The summed E-state index contributed by atoms with van der Waals surface area (Å²) in [6, 6.07) is -1.08. The van der Waals surface area contributed by atoms with Crippen molar-refractivity contribution in [3.8, 4) is 0 Å². The molecule has 1 aliphatic rings. The lowest BCUT2D eigenvalue weighted by Gasteiger charge is -2.38. The van der Waals surface area contributed by atoms with Crippen molar-refractivity contribution in [1.29, 1.82) is 0 Å². The molecule has 0 bridgehead atoms. The van der Waals surface area contributed by atoms with Crippen LogP contribution < -0.4 is 5.32 Å². The SMILES string of the molecule is CC(=O)N[C@@H]1C(O)C=C(C=O)OC1[C@H](O)[C@H](O)COC[C@H](O)CO. The van der Waals surface area contributed by atoms with Crippen molar-refractivity contribution in [3.63, 3.8) is 0 Å². The van der Waals surface area contributed by atoms with Crippen molar-refractivity contribution < 1.29 is 44.6 Å². The predicted molar refractivity (Wildman–Crippen MR) is 78.6 cm³/mol. The van der Waals surface area contributed by atoms with Gasteiger partial charge in [0.1, 0.15) is 18.3 Å². The summed E-state index contributed by atoms with van der Waals surface area (Å²) in [6.07, 6.45) is -5.41. The van der Waals surface area contributed by atoms with Crippen molar-refractivity contribution >= 4 is 12.2 Å². The molecule has 0 aromatic rings. The van der Waals surface area contributed by atoms with Crippen LogP contribution in [0.3, 0.4) is 0 Å². The van der Waals surface area contributed by atoms with Gasteiger partial charge in [-0.3, -0.25) is 9.59 Å². The quantitative estimate of drug-likeness (QED) is 0.231. The number of amides is 1. The van der Waals surface area contributed by atoms with E-state index in [-0.39, 0.29) is 12.4 Å². The Kier molecular flexibility index (Phi) is 8.25. The van der Waals surface area contributed by atoms with Crippen LogP contribution in [0.1, 0.15) is 6.92 Å². The van der Waals surface area contributed by atoms with Crippen LogP contribution >= 0.6 is 0 Å². The van der Waals surface area contributed by atoms with Crippen LogP contribution in [0.5, 0.6) is 0 Å². The van der Waals surface area contributed by atoms with Crippen LogP contribution in [-0.4, -0.2) is 94.1 Å². The molecule has 0 fully saturated rings. The molecule has 0 radical (unpaired) electrons. The Bertz CT molecular complexity index is 456. The fourth-order valence-corrected chi connectivity index (χ4v) is 2.18. The highest BCUT2D eigenvalue weighted by Gasteiger charge is 2.41. The highest BCUT2D eigenvalue weighted by atomic mass is 16.5. The largest absolute Gasteiger partial charge is 0.482 e. The Hall–Kier alpha value is -1.56. The molecule has 0 spiro atoms. The molecule has 10 nitrogen and oxygen atoms in total. The monoisotopic (exact) mass is 349 g/mol. The van der Waals surface area contributed by atoms with Crippen LogP contribution in [0.2, 0.25) is 0 Å².